The Balaban J connectivity index is 2.06. The van der Waals surface area contributed by atoms with E-state index in [1.807, 2.05) is 37.2 Å². The van der Waals surface area contributed by atoms with Gasteiger partial charge in [0, 0.05) is 22.6 Å². The van der Waals surface area contributed by atoms with E-state index in [9.17, 15) is 8.42 Å². The van der Waals surface area contributed by atoms with Crippen molar-refractivity contribution in [1.82, 2.24) is 9.62 Å². The molecule has 0 aromatic heterocycles. The monoisotopic (exact) mass is 386 g/mol. The zero-order valence-electron chi connectivity index (χ0n) is 13.5. The lowest BCUT2D eigenvalue weighted by Crippen LogP contribution is -2.35. The van der Waals surface area contributed by atoms with E-state index in [4.69, 9.17) is 23.2 Å². The fourth-order valence-electron chi connectivity index (χ4n) is 2.37. The van der Waals surface area contributed by atoms with E-state index >= 15 is 0 Å². The van der Waals surface area contributed by atoms with Crippen LogP contribution in [0.4, 0.5) is 0 Å². The molecule has 0 spiro atoms. The molecule has 0 heterocycles. The van der Waals surface area contributed by atoms with Crippen molar-refractivity contribution in [2.75, 3.05) is 20.6 Å². The van der Waals surface area contributed by atoms with Crippen LogP contribution < -0.4 is 4.72 Å². The van der Waals surface area contributed by atoms with Crippen LogP contribution in [0.2, 0.25) is 10.0 Å². The molecule has 0 saturated carbocycles. The van der Waals surface area contributed by atoms with Crippen LogP contribution >= 0.6 is 23.2 Å². The number of hydrogen-bond acceptors (Lipinski definition) is 3. The molecule has 0 amide bonds. The summed E-state index contributed by atoms with van der Waals surface area (Å²) in [6.45, 7) is 0.267. The van der Waals surface area contributed by atoms with E-state index in [0.29, 0.717) is 15.6 Å². The largest absolute Gasteiger partial charge is 0.301 e. The highest BCUT2D eigenvalue weighted by Crippen LogP contribution is 2.21. The Labute approximate surface area is 153 Å². The van der Waals surface area contributed by atoms with E-state index in [1.165, 1.54) is 0 Å². The number of likely N-dealkylation sites (N-methyl/N-ethyl adjacent to an activating group) is 1. The first-order chi connectivity index (χ1) is 11.3. The molecule has 2 rings (SSSR count). The molecule has 2 aromatic carbocycles. The summed E-state index contributed by atoms with van der Waals surface area (Å²) in [4.78, 5) is 1.95. The van der Waals surface area contributed by atoms with Gasteiger partial charge < -0.3 is 4.90 Å². The molecule has 0 aliphatic rings. The molecule has 24 heavy (non-hydrogen) atoms. The fourth-order valence-corrected chi connectivity index (χ4v) is 3.84. The van der Waals surface area contributed by atoms with Gasteiger partial charge in [0.25, 0.3) is 0 Å². The highest BCUT2D eigenvalue weighted by Gasteiger charge is 2.18. The van der Waals surface area contributed by atoms with Crippen molar-refractivity contribution in [3.8, 4) is 0 Å². The van der Waals surface area contributed by atoms with E-state index < -0.39 is 10.0 Å². The van der Waals surface area contributed by atoms with Crippen LogP contribution in [0, 0.1) is 0 Å². The van der Waals surface area contributed by atoms with Crippen LogP contribution in [0.25, 0.3) is 0 Å². The second-order valence-corrected chi connectivity index (χ2v) is 8.45. The molecule has 0 bridgehead atoms. The van der Waals surface area contributed by atoms with Crippen molar-refractivity contribution in [3.63, 3.8) is 0 Å². The maximum absolute atomic E-state index is 12.3. The van der Waals surface area contributed by atoms with Gasteiger partial charge in [0.05, 0.1) is 5.75 Å². The predicted molar refractivity (Wildman–Crippen MR) is 100.0 cm³/mol. The van der Waals surface area contributed by atoms with E-state index in [-0.39, 0.29) is 18.3 Å². The number of benzene rings is 2. The van der Waals surface area contributed by atoms with Crippen LogP contribution in [0.1, 0.15) is 17.2 Å². The smallest absolute Gasteiger partial charge is 0.215 e. The van der Waals surface area contributed by atoms with Gasteiger partial charge in [0.15, 0.2) is 0 Å². The second kappa shape index (κ2) is 8.32. The standard InChI is InChI=1S/C17H20Cl2N2O2S/c1-21(2)17(14-4-3-5-16(19)10-14)11-20-24(22,23)12-13-6-8-15(18)9-7-13/h3-10,17,20H,11-12H2,1-2H3. The number of nitrogens with one attached hydrogen (secondary N) is 1. The van der Waals surface area contributed by atoms with Gasteiger partial charge in [-0.1, -0.05) is 47.5 Å². The predicted octanol–water partition coefficient (Wildman–Crippen LogP) is 3.72. The maximum Gasteiger partial charge on any atom is 0.215 e. The van der Waals surface area contributed by atoms with Crippen LogP contribution in [-0.4, -0.2) is 34.0 Å². The molecule has 4 nitrogen and oxygen atoms in total. The van der Waals surface area contributed by atoms with Crippen LogP contribution in [0.15, 0.2) is 48.5 Å². The van der Waals surface area contributed by atoms with Crippen LogP contribution in [0.3, 0.4) is 0 Å². The average molecular weight is 387 g/mol. The summed E-state index contributed by atoms with van der Waals surface area (Å²) in [5, 5.41) is 1.21. The molecule has 0 saturated heterocycles. The molecule has 0 fully saturated rings. The third kappa shape index (κ3) is 5.76. The summed E-state index contributed by atoms with van der Waals surface area (Å²) in [7, 11) is 0.357. The second-order valence-electron chi connectivity index (χ2n) is 5.77. The Morgan fingerprint density at radius 1 is 1.04 bits per heavy atom. The Bertz CT molecular complexity index is 777. The zero-order valence-corrected chi connectivity index (χ0v) is 15.9. The normalized spacial score (nSPS) is 13.2. The third-order valence-electron chi connectivity index (χ3n) is 3.62. The number of sulfonamides is 1. The number of hydrogen-bond donors (Lipinski definition) is 1. The molecule has 130 valence electrons. The van der Waals surface area contributed by atoms with Crippen molar-refractivity contribution < 1.29 is 8.42 Å². The van der Waals surface area contributed by atoms with Crippen molar-refractivity contribution in [2.24, 2.45) is 0 Å². The minimum absolute atomic E-state index is 0.0835. The van der Waals surface area contributed by atoms with Gasteiger partial charge in [-0.3, -0.25) is 0 Å². The Hall–Kier alpha value is -1.11. The highest BCUT2D eigenvalue weighted by atomic mass is 35.5. The van der Waals surface area contributed by atoms with Crippen molar-refractivity contribution in [1.29, 1.82) is 0 Å². The minimum Gasteiger partial charge on any atom is -0.301 e. The first-order valence-electron chi connectivity index (χ1n) is 7.40. The molecule has 0 radical (unpaired) electrons. The van der Waals surface area contributed by atoms with Gasteiger partial charge >= 0.3 is 0 Å². The first-order valence-corrected chi connectivity index (χ1v) is 9.81. The molecule has 7 heteroatoms. The molecule has 0 aliphatic heterocycles. The Kier molecular flexibility index (Phi) is 6.66. The summed E-state index contributed by atoms with van der Waals surface area (Å²) in [5.74, 6) is -0.0835. The summed E-state index contributed by atoms with van der Waals surface area (Å²) < 4.78 is 27.3. The lowest BCUT2D eigenvalue weighted by atomic mass is 10.1. The Morgan fingerprint density at radius 2 is 1.71 bits per heavy atom. The fraction of sp³-hybridized carbons (Fsp3) is 0.294. The molecule has 2 aromatic rings. The summed E-state index contributed by atoms with van der Waals surface area (Å²) in [6, 6.07) is 14.1. The van der Waals surface area contributed by atoms with Gasteiger partial charge in [-0.05, 0) is 49.5 Å². The molecular formula is C17H20Cl2N2O2S. The Morgan fingerprint density at radius 3 is 2.29 bits per heavy atom. The molecular weight excluding hydrogens is 367 g/mol. The van der Waals surface area contributed by atoms with Crippen LogP contribution in [0.5, 0.6) is 0 Å². The van der Waals surface area contributed by atoms with Gasteiger partial charge in [0.2, 0.25) is 10.0 Å². The minimum atomic E-state index is -3.45. The number of rotatable bonds is 7. The number of halogens is 2. The SMILES string of the molecule is CN(C)C(CNS(=O)(=O)Cc1ccc(Cl)cc1)c1cccc(Cl)c1. The van der Waals surface area contributed by atoms with Gasteiger partial charge in [-0.2, -0.15) is 0 Å². The molecule has 0 aliphatic carbocycles. The average Bonchev–Trinajstić information content (AvgIpc) is 2.49. The van der Waals surface area contributed by atoms with E-state index in [1.54, 1.807) is 30.3 Å². The summed E-state index contributed by atoms with van der Waals surface area (Å²) in [5.41, 5.74) is 1.65. The quantitative estimate of drug-likeness (QED) is 0.788. The lowest BCUT2D eigenvalue weighted by molar-refractivity contribution is 0.299. The van der Waals surface area contributed by atoms with E-state index in [0.717, 1.165) is 5.56 Å². The van der Waals surface area contributed by atoms with E-state index in [2.05, 4.69) is 4.72 Å². The molecule has 1 N–H and O–H groups in total. The third-order valence-corrected chi connectivity index (χ3v) is 5.43. The lowest BCUT2D eigenvalue weighted by Gasteiger charge is -2.25. The highest BCUT2D eigenvalue weighted by molar-refractivity contribution is 7.88. The first kappa shape index (κ1) is 19.2. The number of nitrogens with zero attached hydrogens (tertiary/aromatic N) is 1. The zero-order chi connectivity index (χ0) is 17.7. The van der Waals surface area contributed by atoms with Crippen molar-refractivity contribution >= 4 is 33.2 Å². The summed E-state index contributed by atoms with van der Waals surface area (Å²) >= 11 is 11.9. The topological polar surface area (TPSA) is 49.4 Å². The maximum atomic E-state index is 12.3. The van der Waals surface area contributed by atoms with Crippen LogP contribution in [-0.2, 0) is 15.8 Å². The van der Waals surface area contributed by atoms with Crippen molar-refractivity contribution in [3.05, 3.63) is 69.7 Å². The summed E-state index contributed by atoms with van der Waals surface area (Å²) in [6.07, 6.45) is 0. The van der Waals surface area contributed by atoms with Gasteiger partial charge in [-0.15, -0.1) is 0 Å². The van der Waals surface area contributed by atoms with Crippen molar-refractivity contribution in [2.45, 2.75) is 11.8 Å². The van der Waals surface area contributed by atoms with Gasteiger partial charge in [0.1, 0.15) is 0 Å². The molecule has 1 atom stereocenters. The van der Waals surface area contributed by atoms with Gasteiger partial charge in [-0.25, -0.2) is 13.1 Å². The molecule has 1 unspecified atom stereocenters.